The summed E-state index contributed by atoms with van der Waals surface area (Å²) in [6, 6.07) is 1.98. The first-order valence-corrected chi connectivity index (χ1v) is 11.0. The summed E-state index contributed by atoms with van der Waals surface area (Å²) in [6.07, 6.45) is 5.34. The monoisotopic (exact) mass is 413 g/mol. The molecule has 1 saturated heterocycles. The van der Waals surface area contributed by atoms with Crippen molar-refractivity contribution < 1.29 is 4.79 Å². The number of aromatic nitrogens is 4. The Morgan fingerprint density at radius 3 is 2.83 bits per heavy atom. The summed E-state index contributed by atoms with van der Waals surface area (Å²) < 4.78 is 1.87. The molecule has 2 aromatic rings. The highest BCUT2D eigenvalue weighted by molar-refractivity contribution is 5.76. The van der Waals surface area contributed by atoms with Crippen LogP contribution in [0.2, 0.25) is 0 Å². The molecular formula is C22H35N7O. The lowest BCUT2D eigenvalue weighted by Crippen LogP contribution is -2.36. The Hall–Kier alpha value is -2.64. The van der Waals surface area contributed by atoms with Crippen molar-refractivity contribution in [3.05, 3.63) is 29.3 Å². The average Bonchev–Trinajstić information content (AvgIpc) is 2.98. The van der Waals surface area contributed by atoms with Crippen LogP contribution < -0.4 is 15.5 Å². The van der Waals surface area contributed by atoms with E-state index in [0.29, 0.717) is 12.3 Å². The lowest BCUT2D eigenvalue weighted by molar-refractivity contribution is -0.122. The average molecular weight is 414 g/mol. The molecule has 8 heteroatoms. The van der Waals surface area contributed by atoms with Crippen molar-refractivity contribution >= 4 is 17.5 Å². The van der Waals surface area contributed by atoms with Gasteiger partial charge in [-0.2, -0.15) is 5.10 Å². The number of rotatable bonds is 8. The number of nitrogens with one attached hydrogen (secondary N) is 2. The zero-order valence-electron chi connectivity index (χ0n) is 18.9. The second-order valence-corrected chi connectivity index (χ2v) is 8.28. The Morgan fingerprint density at radius 2 is 2.13 bits per heavy atom. The van der Waals surface area contributed by atoms with Crippen LogP contribution in [0.3, 0.4) is 0 Å². The second kappa shape index (κ2) is 9.91. The zero-order valence-corrected chi connectivity index (χ0v) is 18.9. The number of amides is 1. The van der Waals surface area contributed by atoms with Crippen LogP contribution in [-0.4, -0.2) is 45.3 Å². The van der Waals surface area contributed by atoms with Crippen molar-refractivity contribution in [2.45, 2.75) is 59.4 Å². The molecule has 1 aliphatic rings. The molecule has 0 aliphatic carbocycles. The zero-order chi connectivity index (χ0) is 21.7. The lowest BCUT2D eigenvalue weighted by Gasteiger charge is -2.33. The second-order valence-electron chi connectivity index (χ2n) is 8.28. The van der Waals surface area contributed by atoms with Gasteiger partial charge in [-0.3, -0.25) is 9.48 Å². The van der Waals surface area contributed by atoms with Crippen LogP contribution in [0.15, 0.2) is 12.4 Å². The van der Waals surface area contributed by atoms with Crippen LogP contribution in [0, 0.1) is 19.8 Å². The van der Waals surface area contributed by atoms with Crippen LogP contribution in [0.25, 0.3) is 0 Å². The van der Waals surface area contributed by atoms with Crippen LogP contribution >= 0.6 is 0 Å². The van der Waals surface area contributed by atoms with E-state index in [0.717, 1.165) is 67.5 Å². The summed E-state index contributed by atoms with van der Waals surface area (Å²) >= 11 is 0. The van der Waals surface area contributed by atoms with E-state index in [4.69, 9.17) is 0 Å². The van der Waals surface area contributed by atoms with E-state index in [9.17, 15) is 4.79 Å². The largest absolute Gasteiger partial charge is 0.370 e. The Bertz CT molecular complexity index is 863. The molecule has 0 bridgehead atoms. The molecule has 30 heavy (non-hydrogen) atoms. The van der Waals surface area contributed by atoms with Gasteiger partial charge in [-0.1, -0.05) is 0 Å². The number of carbonyl (C=O) groups is 1. The molecule has 1 amide bonds. The van der Waals surface area contributed by atoms with E-state index in [1.54, 1.807) is 6.33 Å². The molecule has 164 valence electrons. The summed E-state index contributed by atoms with van der Waals surface area (Å²) in [5.74, 6) is 2.43. The first-order chi connectivity index (χ1) is 14.4. The Balaban J connectivity index is 1.51. The number of piperidine rings is 1. The Labute approximate surface area is 179 Å². The molecule has 2 aromatic heterocycles. The van der Waals surface area contributed by atoms with Crippen molar-refractivity contribution in [2.75, 3.05) is 29.9 Å². The molecule has 3 heterocycles. The van der Waals surface area contributed by atoms with Gasteiger partial charge in [0.05, 0.1) is 11.7 Å². The van der Waals surface area contributed by atoms with Gasteiger partial charge in [0.25, 0.3) is 0 Å². The summed E-state index contributed by atoms with van der Waals surface area (Å²) in [6.45, 7) is 10.9. The first kappa shape index (κ1) is 22.1. The Morgan fingerprint density at radius 1 is 1.33 bits per heavy atom. The Kier molecular flexibility index (Phi) is 7.29. The highest BCUT2D eigenvalue weighted by atomic mass is 16.1. The first-order valence-electron chi connectivity index (χ1n) is 11.0. The third-order valence-electron chi connectivity index (χ3n) is 6.01. The lowest BCUT2D eigenvalue weighted by atomic mass is 9.93. The summed E-state index contributed by atoms with van der Waals surface area (Å²) in [4.78, 5) is 23.6. The van der Waals surface area contributed by atoms with Crippen molar-refractivity contribution in [1.29, 1.82) is 0 Å². The van der Waals surface area contributed by atoms with Gasteiger partial charge in [0.1, 0.15) is 18.0 Å². The van der Waals surface area contributed by atoms with E-state index in [2.05, 4.69) is 37.5 Å². The van der Waals surface area contributed by atoms with Gasteiger partial charge in [-0.05, 0) is 52.9 Å². The van der Waals surface area contributed by atoms with Gasteiger partial charge in [0.15, 0.2) is 0 Å². The molecule has 3 rings (SSSR count). The molecule has 2 atom stereocenters. The number of anilines is 2. The number of aryl methyl sites for hydroxylation is 2. The van der Waals surface area contributed by atoms with E-state index < -0.39 is 0 Å². The minimum Gasteiger partial charge on any atom is -0.370 e. The van der Waals surface area contributed by atoms with Crippen molar-refractivity contribution in [3.63, 3.8) is 0 Å². The van der Waals surface area contributed by atoms with E-state index in [-0.39, 0.29) is 11.9 Å². The van der Waals surface area contributed by atoms with Crippen LogP contribution in [0.4, 0.5) is 11.6 Å². The van der Waals surface area contributed by atoms with E-state index in [1.165, 1.54) is 0 Å². The highest BCUT2D eigenvalue weighted by Gasteiger charge is 2.23. The number of carbonyl (C=O) groups excluding carboxylic acids is 1. The molecule has 0 unspecified atom stereocenters. The standard InChI is InChI=1S/C22H35N7O/c1-6-23-19-12-20(25-14-24-19)29-11-7-8-18(13-29)9-10-21(30)26-15(2)22-16(3)27-28(5)17(22)4/h12,14-15,18H,6-11,13H2,1-5H3,(H,26,30)(H,23,24,25)/t15-,18+/m1/s1. The molecule has 1 fully saturated rings. The summed E-state index contributed by atoms with van der Waals surface area (Å²) in [7, 11) is 1.94. The predicted molar refractivity (Wildman–Crippen MR) is 120 cm³/mol. The number of nitrogens with zero attached hydrogens (tertiary/aromatic N) is 5. The predicted octanol–water partition coefficient (Wildman–Crippen LogP) is 3.13. The SMILES string of the molecule is CCNc1cc(N2CCC[C@@H](CCC(=O)N[C@H](C)c3c(C)nn(C)c3C)C2)ncn1. The normalized spacial score (nSPS) is 17.6. The molecule has 0 aromatic carbocycles. The number of hydrogen-bond acceptors (Lipinski definition) is 6. The fourth-order valence-electron chi connectivity index (χ4n) is 4.44. The van der Waals surface area contributed by atoms with Crippen LogP contribution in [0.5, 0.6) is 0 Å². The van der Waals surface area contributed by atoms with Gasteiger partial charge in [-0.15, -0.1) is 0 Å². The van der Waals surface area contributed by atoms with E-state index >= 15 is 0 Å². The molecular weight excluding hydrogens is 378 g/mol. The van der Waals surface area contributed by atoms with Gasteiger partial charge in [0, 0.05) is 50.4 Å². The molecule has 8 nitrogen and oxygen atoms in total. The van der Waals surface area contributed by atoms with Crippen LogP contribution in [0.1, 0.15) is 62.5 Å². The fourth-order valence-corrected chi connectivity index (χ4v) is 4.44. The minimum absolute atomic E-state index is 0.0282. The maximum absolute atomic E-state index is 12.6. The quantitative estimate of drug-likeness (QED) is 0.691. The third kappa shape index (κ3) is 5.29. The van der Waals surface area contributed by atoms with E-state index in [1.807, 2.05) is 38.6 Å². The van der Waals surface area contributed by atoms with Gasteiger partial charge in [-0.25, -0.2) is 9.97 Å². The van der Waals surface area contributed by atoms with Crippen molar-refractivity contribution in [2.24, 2.45) is 13.0 Å². The maximum Gasteiger partial charge on any atom is 0.220 e. The molecule has 0 spiro atoms. The topological polar surface area (TPSA) is 88.0 Å². The minimum atomic E-state index is -0.0282. The molecule has 0 radical (unpaired) electrons. The third-order valence-corrected chi connectivity index (χ3v) is 6.01. The fraction of sp³-hybridized carbons (Fsp3) is 0.636. The number of hydrogen-bond donors (Lipinski definition) is 2. The summed E-state index contributed by atoms with van der Waals surface area (Å²) in [5.41, 5.74) is 3.20. The maximum atomic E-state index is 12.6. The van der Waals surface area contributed by atoms with Crippen molar-refractivity contribution in [1.82, 2.24) is 25.1 Å². The summed E-state index contributed by atoms with van der Waals surface area (Å²) in [5, 5.41) is 10.9. The van der Waals surface area contributed by atoms with Crippen LogP contribution in [-0.2, 0) is 11.8 Å². The van der Waals surface area contributed by atoms with Gasteiger partial charge < -0.3 is 15.5 Å². The molecule has 2 N–H and O–H groups in total. The molecule has 1 aliphatic heterocycles. The molecule has 0 saturated carbocycles. The smallest absolute Gasteiger partial charge is 0.220 e. The van der Waals surface area contributed by atoms with Gasteiger partial charge >= 0.3 is 0 Å². The van der Waals surface area contributed by atoms with Gasteiger partial charge in [0.2, 0.25) is 5.91 Å². The highest BCUT2D eigenvalue weighted by Crippen LogP contribution is 2.26. The van der Waals surface area contributed by atoms with Crippen molar-refractivity contribution in [3.8, 4) is 0 Å².